The molecule has 2 amide bonds. The number of nitrogens with one attached hydrogen (secondary N) is 2. The summed E-state index contributed by atoms with van der Waals surface area (Å²) in [6.45, 7) is 4.64. The molecule has 0 fully saturated rings. The van der Waals surface area contributed by atoms with Crippen LogP contribution in [0.5, 0.6) is 0 Å². The number of rotatable bonds is 7. The molecule has 0 unspecified atom stereocenters. The van der Waals surface area contributed by atoms with Gasteiger partial charge in [0.1, 0.15) is 5.82 Å². The van der Waals surface area contributed by atoms with Crippen molar-refractivity contribution in [2.75, 3.05) is 6.54 Å². The summed E-state index contributed by atoms with van der Waals surface area (Å²) in [5, 5.41) is 15.0. The van der Waals surface area contributed by atoms with Crippen molar-refractivity contribution < 1.29 is 9.90 Å². The van der Waals surface area contributed by atoms with Gasteiger partial charge in [0.05, 0.1) is 12.1 Å². The summed E-state index contributed by atoms with van der Waals surface area (Å²) in [5.74, 6) is 0.805. The molecule has 0 spiro atoms. The molecule has 0 atom stereocenters. The molecule has 1 aromatic carbocycles. The normalized spacial score (nSPS) is 11.3. The first-order chi connectivity index (χ1) is 10.9. The number of carbonyl (C=O) groups is 1. The van der Waals surface area contributed by atoms with Crippen LogP contribution < -0.4 is 10.6 Å². The fraction of sp³-hybridized carbons (Fsp3) is 0.412. The summed E-state index contributed by atoms with van der Waals surface area (Å²) in [6, 6.07) is 9.93. The number of aryl methyl sites for hydroxylation is 2. The van der Waals surface area contributed by atoms with Gasteiger partial charge in [-0.2, -0.15) is 0 Å². The third kappa shape index (κ3) is 6.12. The van der Waals surface area contributed by atoms with Crippen LogP contribution in [0.15, 0.2) is 42.7 Å². The Labute approximate surface area is 136 Å². The second kappa shape index (κ2) is 7.78. The van der Waals surface area contributed by atoms with Crippen LogP contribution in [0.25, 0.3) is 0 Å². The molecule has 0 aliphatic carbocycles. The Bertz CT molecular complexity index is 617. The fourth-order valence-corrected chi connectivity index (χ4v) is 2.12. The van der Waals surface area contributed by atoms with E-state index in [0.717, 1.165) is 18.8 Å². The van der Waals surface area contributed by atoms with Crippen LogP contribution in [0.2, 0.25) is 0 Å². The number of hydrogen-bond acceptors (Lipinski definition) is 3. The molecule has 2 aromatic rings. The Morgan fingerprint density at radius 2 is 2.00 bits per heavy atom. The van der Waals surface area contributed by atoms with E-state index >= 15 is 0 Å². The lowest BCUT2D eigenvalue weighted by Gasteiger charge is -2.18. The molecule has 0 radical (unpaired) electrons. The Hall–Kier alpha value is -2.34. The van der Waals surface area contributed by atoms with Gasteiger partial charge in [-0.25, -0.2) is 9.78 Å². The standard InChI is InChI=1S/C17H24N4O2/c1-17(2,23)13-20-16(22)19-12-15-18-9-11-21(15)10-8-14-6-4-3-5-7-14/h3-7,9,11,23H,8,10,12-13H2,1-2H3,(H2,19,20,22). The Morgan fingerprint density at radius 3 is 2.70 bits per heavy atom. The first-order valence-corrected chi connectivity index (χ1v) is 7.72. The lowest BCUT2D eigenvalue weighted by molar-refractivity contribution is 0.0819. The zero-order valence-corrected chi connectivity index (χ0v) is 13.6. The molecule has 2 rings (SSSR count). The van der Waals surface area contributed by atoms with Gasteiger partial charge < -0.3 is 20.3 Å². The summed E-state index contributed by atoms with van der Waals surface area (Å²) in [5.41, 5.74) is 0.342. The number of aliphatic hydroxyl groups is 1. The van der Waals surface area contributed by atoms with Crippen molar-refractivity contribution in [3.05, 3.63) is 54.1 Å². The predicted octanol–water partition coefficient (Wildman–Crippen LogP) is 1.70. The number of urea groups is 1. The summed E-state index contributed by atoms with van der Waals surface area (Å²) < 4.78 is 2.03. The molecule has 0 aliphatic heterocycles. The lowest BCUT2D eigenvalue weighted by Crippen LogP contribution is -2.43. The van der Waals surface area contributed by atoms with Gasteiger partial charge >= 0.3 is 6.03 Å². The molecule has 23 heavy (non-hydrogen) atoms. The maximum absolute atomic E-state index is 11.7. The van der Waals surface area contributed by atoms with E-state index in [0.29, 0.717) is 6.54 Å². The van der Waals surface area contributed by atoms with E-state index in [4.69, 9.17) is 0 Å². The van der Waals surface area contributed by atoms with Gasteiger partial charge in [-0.15, -0.1) is 0 Å². The topological polar surface area (TPSA) is 79.2 Å². The smallest absolute Gasteiger partial charge is 0.315 e. The number of carbonyl (C=O) groups excluding carboxylic acids is 1. The molecular formula is C17H24N4O2. The molecule has 1 heterocycles. The minimum absolute atomic E-state index is 0.196. The molecule has 6 nitrogen and oxygen atoms in total. The quantitative estimate of drug-likeness (QED) is 0.727. The number of benzene rings is 1. The lowest BCUT2D eigenvalue weighted by atomic mass is 10.1. The van der Waals surface area contributed by atoms with Crippen LogP contribution >= 0.6 is 0 Å². The molecule has 6 heteroatoms. The molecular weight excluding hydrogens is 292 g/mol. The van der Waals surface area contributed by atoms with Gasteiger partial charge in [0.2, 0.25) is 0 Å². The van der Waals surface area contributed by atoms with Crippen molar-refractivity contribution >= 4 is 6.03 Å². The molecule has 124 valence electrons. The predicted molar refractivity (Wildman–Crippen MR) is 88.9 cm³/mol. The largest absolute Gasteiger partial charge is 0.389 e. The summed E-state index contributed by atoms with van der Waals surface area (Å²) in [4.78, 5) is 16.0. The van der Waals surface area contributed by atoms with Crippen molar-refractivity contribution in [2.24, 2.45) is 0 Å². The molecule has 0 bridgehead atoms. The minimum Gasteiger partial charge on any atom is -0.389 e. The molecule has 1 aromatic heterocycles. The van der Waals surface area contributed by atoms with Crippen LogP contribution in [-0.4, -0.2) is 32.8 Å². The monoisotopic (exact) mass is 316 g/mol. The molecule has 3 N–H and O–H groups in total. The fourth-order valence-electron chi connectivity index (χ4n) is 2.12. The van der Waals surface area contributed by atoms with Crippen molar-refractivity contribution in [1.29, 1.82) is 0 Å². The van der Waals surface area contributed by atoms with E-state index < -0.39 is 5.60 Å². The van der Waals surface area contributed by atoms with Crippen molar-refractivity contribution in [1.82, 2.24) is 20.2 Å². The van der Waals surface area contributed by atoms with E-state index in [1.54, 1.807) is 20.0 Å². The Balaban J connectivity index is 1.80. The van der Waals surface area contributed by atoms with Gasteiger partial charge in [0.15, 0.2) is 0 Å². The highest BCUT2D eigenvalue weighted by atomic mass is 16.3. The van der Waals surface area contributed by atoms with Crippen LogP contribution in [0.1, 0.15) is 25.2 Å². The van der Waals surface area contributed by atoms with Crippen molar-refractivity contribution in [3.63, 3.8) is 0 Å². The van der Waals surface area contributed by atoms with Crippen LogP contribution in [-0.2, 0) is 19.5 Å². The molecule has 0 aliphatic rings. The average molecular weight is 316 g/mol. The van der Waals surface area contributed by atoms with E-state index in [1.165, 1.54) is 5.56 Å². The third-order valence-corrected chi connectivity index (χ3v) is 3.37. The van der Waals surface area contributed by atoms with Gasteiger partial charge in [0, 0.05) is 25.5 Å². The van der Waals surface area contributed by atoms with E-state index in [2.05, 4.69) is 27.8 Å². The molecule has 0 saturated carbocycles. The summed E-state index contributed by atoms with van der Waals surface area (Å²) in [7, 11) is 0. The number of aromatic nitrogens is 2. The highest BCUT2D eigenvalue weighted by Crippen LogP contribution is 2.04. The van der Waals surface area contributed by atoms with Crippen LogP contribution in [0.4, 0.5) is 4.79 Å². The van der Waals surface area contributed by atoms with Crippen LogP contribution in [0.3, 0.4) is 0 Å². The summed E-state index contributed by atoms with van der Waals surface area (Å²) in [6.07, 6.45) is 4.56. The molecule has 0 saturated heterocycles. The zero-order chi connectivity index (χ0) is 16.7. The minimum atomic E-state index is -0.925. The van der Waals surface area contributed by atoms with Crippen LogP contribution in [0, 0.1) is 0 Å². The van der Waals surface area contributed by atoms with E-state index in [1.807, 2.05) is 29.0 Å². The first kappa shape index (κ1) is 17.0. The SMILES string of the molecule is CC(C)(O)CNC(=O)NCc1nccn1CCc1ccccc1. The number of amides is 2. The summed E-state index contributed by atoms with van der Waals surface area (Å²) >= 11 is 0. The first-order valence-electron chi connectivity index (χ1n) is 7.72. The van der Waals surface area contributed by atoms with Crippen molar-refractivity contribution in [3.8, 4) is 0 Å². The van der Waals surface area contributed by atoms with E-state index in [-0.39, 0.29) is 12.6 Å². The number of imidazole rings is 1. The van der Waals surface area contributed by atoms with Gasteiger partial charge in [-0.3, -0.25) is 0 Å². The maximum atomic E-state index is 11.7. The average Bonchev–Trinajstić information content (AvgIpc) is 2.97. The number of hydrogen-bond donors (Lipinski definition) is 3. The number of nitrogens with zero attached hydrogens (tertiary/aromatic N) is 2. The van der Waals surface area contributed by atoms with Crippen molar-refractivity contribution in [2.45, 2.75) is 39.0 Å². The van der Waals surface area contributed by atoms with E-state index in [9.17, 15) is 9.90 Å². The zero-order valence-electron chi connectivity index (χ0n) is 13.6. The van der Waals surface area contributed by atoms with Gasteiger partial charge in [0.25, 0.3) is 0 Å². The second-order valence-electron chi connectivity index (χ2n) is 6.12. The highest BCUT2D eigenvalue weighted by Gasteiger charge is 2.14. The Kier molecular flexibility index (Phi) is 5.76. The van der Waals surface area contributed by atoms with Gasteiger partial charge in [-0.1, -0.05) is 30.3 Å². The van der Waals surface area contributed by atoms with Gasteiger partial charge in [-0.05, 0) is 25.8 Å². The second-order valence-corrected chi connectivity index (χ2v) is 6.12. The third-order valence-electron chi connectivity index (χ3n) is 3.37. The Morgan fingerprint density at radius 1 is 1.26 bits per heavy atom. The maximum Gasteiger partial charge on any atom is 0.315 e. The highest BCUT2D eigenvalue weighted by molar-refractivity contribution is 5.73.